The first-order valence-electron chi connectivity index (χ1n) is 10.2. The van der Waals surface area contributed by atoms with E-state index in [2.05, 4.69) is 10.2 Å². The minimum Gasteiger partial charge on any atom is -0.475 e. The zero-order valence-electron chi connectivity index (χ0n) is 17.8. The molecule has 0 saturated carbocycles. The standard InChI is InChI=1S/C19H26FN3O2.C2HF3O2/c1-21-17(24)13-22-11-8-19(9-12-22)7-4-10-23(14-19)18(25)15-5-2-3-6-16(15)20;3-2(4,5)1(6)7/h2-3,5-6H,4,7-14H2,1H3,(H,21,24);(H,6,7). The Labute approximate surface area is 183 Å². The van der Waals surface area contributed by atoms with Crippen LogP contribution in [0.2, 0.25) is 0 Å². The largest absolute Gasteiger partial charge is 0.490 e. The number of benzene rings is 1. The minimum atomic E-state index is -5.08. The molecule has 2 aliphatic rings. The van der Waals surface area contributed by atoms with Crippen molar-refractivity contribution >= 4 is 17.8 Å². The van der Waals surface area contributed by atoms with E-state index in [1.54, 1.807) is 25.2 Å². The van der Waals surface area contributed by atoms with Crippen LogP contribution in [0.25, 0.3) is 0 Å². The number of likely N-dealkylation sites (tertiary alicyclic amines) is 2. The number of nitrogens with one attached hydrogen (secondary N) is 1. The van der Waals surface area contributed by atoms with Crippen molar-refractivity contribution < 1.29 is 37.1 Å². The Morgan fingerprint density at radius 2 is 1.69 bits per heavy atom. The number of hydrogen-bond acceptors (Lipinski definition) is 4. The number of nitrogens with zero attached hydrogens (tertiary/aromatic N) is 2. The third-order valence-corrected chi connectivity index (χ3v) is 5.86. The minimum absolute atomic E-state index is 0.0379. The number of carbonyl (C=O) groups is 3. The van der Waals surface area contributed by atoms with Crippen LogP contribution < -0.4 is 5.32 Å². The molecule has 1 aromatic carbocycles. The zero-order valence-corrected chi connectivity index (χ0v) is 17.8. The summed E-state index contributed by atoms with van der Waals surface area (Å²) in [6.07, 6.45) is -1.08. The Morgan fingerprint density at radius 3 is 2.22 bits per heavy atom. The van der Waals surface area contributed by atoms with Crippen LogP contribution in [0.1, 0.15) is 36.0 Å². The molecule has 0 aromatic heterocycles. The van der Waals surface area contributed by atoms with E-state index in [4.69, 9.17) is 9.90 Å². The number of halogens is 4. The number of rotatable bonds is 3. The van der Waals surface area contributed by atoms with E-state index < -0.39 is 18.0 Å². The quantitative estimate of drug-likeness (QED) is 0.676. The number of carboxylic acids is 1. The molecule has 2 aliphatic heterocycles. The molecule has 2 saturated heterocycles. The number of piperidine rings is 2. The molecule has 0 radical (unpaired) electrons. The van der Waals surface area contributed by atoms with E-state index in [-0.39, 0.29) is 22.8 Å². The first-order valence-corrected chi connectivity index (χ1v) is 10.2. The van der Waals surface area contributed by atoms with Gasteiger partial charge in [0.2, 0.25) is 5.91 Å². The van der Waals surface area contributed by atoms with Gasteiger partial charge in [-0.05, 0) is 56.3 Å². The first-order chi connectivity index (χ1) is 15.0. The summed E-state index contributed by atoms with van der Waals surface area (Å²) in [4.78, 5) is 37.1. The maximum atomic E-state index is 13.9. The SMILES string of the molecule is CNC(=O)CN1CCC2(CCCN(C(=O)c3ccccc3F)C2)CC1.O=C(O)C(F)(F)F. The van der Waals surface area contributed by atoms with E-state index in [0.29, 0.717) is 19.6 Å². The molecule has 3 rings (SSSR count). The number of aliphatic carboxylic acids is 1. The lowest BCUT2D eigenvalue weighted by atomic mass is 9.72. The van der Waals surface area contributed by atoms with E-state index in [1.165, 1.54) is 6.07 Å². The average molecular weight is 461 g/mol. The predicted octanol–water partition coefficient (Wildman–Crippen LogP) is 2.52. The summed E-state index contributed by atoms with van der Waals surface area (Å²) < 4.78 is 45.7. The molecule has 0 aliphatic carbocycles. The first kappa shape index (κ1) is 25.6. The van der Waals surface area contributed by atoms with Crippen molar-refractivity contribution in [3.8, 4) is 0 Å². The second-order valence-electron chi connectivity index (χ2n) is 8.06. The summed E-state index contributed by atoms with van der Waals surface area (Å²) >= 11 is 0. The number of amides is 2. The topological polar surface area (TPSA) is 90.0 Å². The molecular weight excluding hydrogens is 434 g/mol. The molecule has 2 N–H and O–H groups in total. The molecule has 0 bridgehead atoms. The van der Waals surface area contributed by atoms with Crippen molar-refractivity contribution in [2.75, 3.05) is 39.8 Å². The highest BCUT2D eigenvalue weighted by Gasteiger charge is 2.40. The second kappa shape index (κ2) is 10.8. The van der Waals surface area contributed by atoms with Crippen LogP contribution in [0, 0.1) is 11.2 Å². The van der Waals surface area contributed by atoms with Crippen LogP contribution in [0.15, 0.2) is 24.3 Å². The Bertz CT molecular complexity index is 824. The molecule has 0 unspecified atom stereocenters. The van der Waals surface area contributed by atoms with Crippen molar-refractivity contribution in [1.29, 1.82) is 0 Å². The van der Waals surface area contributed by atoms with Gasteiger partial charge in [-0.1, -0.05) is 12.1 Å². The lowest BCUT2D eigenvalue weighted by Gasteiger charge is -2.47. The highest BCUT2D eigenvalue weighted by molar-refractivity contribution is 5.94. The number of likely N-dealkylation sites (N-methyl/N-ethyl adjacent to an activating group) is 1. The van der Waals surface area contributed by atoms with E-state index in [1.807, 2.05) is 4.90 Å². The third kappa shape index (κ3) is 6.91. The van der Waals surface area contributed by atoms with Crippen LogP contribution >= 0.6 is 0 Å². The molecule has 1 aromatic rings. The monoisotopic (exact) mass is 461 g/mol. The summed E-state index contributed by atoms with van der Waals surface area (Å²) in [5.74, 6) is -3.37. The number of carbonyl (C=O) groups excluding carboxylic acids is 2. The van der Waals surface area contributed by atoms with Crippen LogP contribution in [-0.2, 0) is 9.59 Å². The zero-order chi connectivity index (χ0) is 23.9. The Balaban J connectivity index is 0.000000451. The van der Waals surface area contributed by atoms with Crippen LogP contribution in [-0.4, -0.2) is 78.6 Å². The van der Waals surface area contributed by atoms with Crippen LogP contribution in [0.5, 0.6) is 0 Å². The summed E-state index contributed by atoms with van der Waals surface area (Å²) in [7, 11) is 1.65. The molecule has 2 heterocycles. The smallest absolute Gasteiger partial charge is 0.475 e. The van der Waals surface area contributed by atoms with Crippen molar-refractivity contribution in [2.45, 2.75) is 31.9 Å². The fraction of sp³-hybridized carbons (Fsp3) is 0.571. The second-order valence-corrected chi connectivity index (χ2v) is 8.06. The van der Waals surface area contributed by atoms with Crippen LogP contribution in [0.4, 0.5) is 17.6 Å². The van der Waals surface area contributed by atoms with Gasteiger partial charge >= 0.3 is 12.1 Å². The van der Waals surface area contributed by atoms with Gasteiger partial charge in [0.1, 0.15) is 5.82 Å². The number of carboxylic acid groups (broad SMARTS) is 1. The third-order valence-electron chi connectivity index (χ3n) is 5.86. The maximum Gasteiger partial charge on any atom is 0.490 e. The Hall–Kier alpha value is -2.69. The van der Waals surface area contributed by atoms with Gasteiger partial charge in [0.15, 0.2) is 0 Å². The van der Waals surface area contributed by atoms with Crippen molar-refractivity contribution in [3.63, 3.8) is 0 Å². The average Bonchev–Trinajstić information content (AvgIpc) is 2.75. The summed E-state index contributed by atoms with van der Waals surface area (Å²) in [5, 5.41) is 9.78. The van der Waals surface area contributed by atoms with Crippen molar-refractivity contribution in [1.82, 2.24) is 15.1 Å². The normalized spacial score (nSPS) is 18.5. The summed E-state index contributed by atoms with van der Waals surface area (Å²) in [6.45, 7) is 3.56. The summed E-state index contributed by atoms with van der Waals surface area (Å²) in [5.41, 5.74) is 0.273. The van der Waals surface area contributed by atoms with Gasteiger partial charge in [-0.25, -0.2) is 9.18 Å². The number of hydrogen-bond donors (Lipinski definition) is 2. The maximum absolute atomic E-state index is 13.9. The molecule has 178 valence electrons. The molecule has 32 heavy (non-hydrogen) atoms. The van der Waals surface area contributed by atoms with E-state index in [9.17, 15) is 27.2 Å². The Kier molecular flexibility index (Phi) is 8.59. The lowest BCUT2D eigenvalue weighted by molar-refractivity contribution is -0.192. The van der Waals surface area contributed by atoms with Gasteiger partial charge in [0, 0.05) is 20.1 Å². The van der Waals surface area contributed by atoms with E-state index >= 15 is 0 Å². The van der Waals surface area contributed by atoms with Crippen LogP contribution in [0.3, 0.4) is 0 Å². The highest BCUT2D eigenvalue weighted by atomic mass is 19.4. The summed E-state index contributed by atoms with van der Waals surface area (Å²) in [6, 6.07) is 6.20. The molecule has 1 spiro atoms. The van der Waals surface area contributed by atoms with Gasteiger partial charge in [-0.3, -0.25) is 14.5 Å². The van der Waals surface area contributed by atoms with E-state index in [0.717, 1.165) is 38.8 Å². The predicted molar refractivity (Wildman–Crippen MR) is 107 cm³/mol. The van der Waals surface area contributed by atoms with Gasteiger partial charge < -0.3 is 15.3 Å². The molecular formula is C21H27F4N3O4. The molecule has 2 amide bonds. The molecule has 11 heteroatoms. The molecule has 2 fully saturated rings. The lowest BCUT2D eigenvalue weighted by Crippen LogP contribution is -2.52. The highest BCUT2D eigenvalue weighted by Crippen LogP contribution is 2.40. The van der Waals surface area contributed by atoms with Gasteiger partial charge in [-0.2, -0.15) is 13.2 Å². The van der Waals surface area contributed by atoms with Gasteiger partial charge in [-0.15, -0.1) is 0 Å². The molecule has 7 nitrogen and oxygen atoms in total. The molecule has 0 atom stereocenters. The van der Waals surface area contributed by atoms with Crippen molar-refractivity contribution in [2.24, 2.45) is 5.41 Å². The fourth-order valence-electron chi connectivity index (χ4n) is 4.06. The Morgan fingerprint density at radius 1 is 1.09 bits per heavy atom. The fourth-order valence-corrected chi connectivity index (χ4v) is 4.06. The van der Waals surface area contributed by atoms with Gasteiger partial charge in [0.05, 0.1) is 12.1 Å². The van der Waals surface area contributed by atoms with Gasteiger partial charge in [0.25, 0.3) is 5.91 Å². The number of alkyl halides is 3. The van der Waals surface area contributed by atoms with Crippen molar-refractivity contribution in [3.05, 3.63) is 35.6 Å².